The molecular formula is C16H15ClFNO. The second kappa shape index (κ2) is 6.53. The molecular weight excluding hydrogens is 277 g/mol. The van der Waals surface area contributed by atoms with Crippen LogP contribution in [-0.4, -0.2) is 12.5 Å². The number of carbonyl (C=O) groups excluding carboxylic acids is 1. The average Bonchev–Trinajstić information content (AvgIpc) is 2.44. The van der Waals surface area contributed by atoms with Gasteiger partial charge in [0.1, 0.15) is 5.82 Å². The standard InChI is InChI=1S/C16H15ClFNO/c1-2-19(15-9-7-14(18)8-10-15)16(20)11-12-3-5-13(17)6-4-12/h3-10H,2,11H2,1H3. The Balaban J connectivity index is 2.13. The Bertz CT molecular complexity index is 580. The molecule has 104 valence electrons. The number of hydrogen-bond acceptors (Lipinski definition) is 1. The van der Waals surface area contributed by atoms with E-state index in [1.165, 1.54) is 12.1 Å². The maximum absolute atomic E-state index is 12.9. The van der Waals surface area contributed by atoms with Crippen LogP contribution in [-0.2, 0) is 11.2 Å². The molecule has 0 aliphatic rings. The minimum absolute atomic E-state index is 0.0265. The van der Waals surface area contributed by atoms with E-state index in [9.17, 15) is 9.18 Å². The molecule has 2 aromatic carbocycles. The Morgan fingerprint density at radius 3 is 2.25 bits per heavy atom. The summed E-state index contributed by atoms with van der Waals surface area (Å²) in [6.45, 7) is 2.43. The highest BCUT2D eigenvalue weighted by Crippen LogP contribution is 2.17. The topological polar surface area (TPSA) is 20.3 Å². The van der Waals surface area contributed by atoms with Gasteiger partial charge in [-0.25, -0.2) is 4.39 Å². The lowest BCUT2D eigenvalue weighted by Gasteiger charge is -2.21. The summed E-state index contributed by atoms with van der Waals surface area (Å²) in [7, 11) is 0. The van der Waals surface area contributed by atoms with Gasteiger partial charge in [-0.1, -0.05) is 23.7 Å². The number of hydrogen-bond donors (Lipinski definition) is 0. The molecule has 2 aromatic rings. The molecule has 2 rings (SSSR count). The van der Waals surface area contributed by atoms with Crippen LogP contribution in [0.15, 0.2) is 48.5 Å². The molecule has 4 heteroatoms. The van der Waals surface area contributed by atoms with E-state index in [1.807, 2.05) is 19.1 Å². The molecule has 0 atom stereocenters. The third-order valence-electron chi connectivity index (χ3n) is 3.02. The predicted octanol–water partition coefficient (Wildman–Crippen LogP) is 4.07. The van der Waals surface area contributed by atoms with E-state index in [0.29, 0.717) is 23.7 Å². The number of halogens is 2. The number of amides is 1. The molecule has 0 aliphatic heterocycles. The van der Waals surface area contributed by atoms with Gasteiger partial charge < -0.3 is 4.90 Å². The van der Waals surface area contributed by atoms with Gasteiger partial charge >= 0.3 is 0 Å². The lowest BCUT2D eigenvalue weighted by Crippen LogP contribution is -2.31. The van der Waals surface area contributed by atoms with Crippen LogP contribution in [0.2, 0.25) is 5.02 Å². The van der Waals surface area contributed by atoms with Gasteiger partial charge in [-0.2, -0.15) is 0 Å². The van der Waals surface area contributed by atoms with E-state index in [1.54, 1.807) is 29.2 Å². The Kier molecular flexibility index (Phi) is 4.74. The fraction of sp³-hybridized carbons (Fsp3) is 0.188. The first-order valence-corrected chi connectivity index (χ1v) is 6.78. The van der Waals surface area contributed by atoms with Gasteiger partial charge in [-0.15, -0.1) is 0 Å². The summed E-state index contributed by atoms with van der Waals surface area (Å²) >= 11 is 5.82. The predicted molar refractivity (Wildman–Crippen MR) is 79.6 cm³/mol. The van der Waals surface area contributed by atoms with E-state index in [-0.39, 0.29) is 11.7 Å². The van der Waals surface area contributed by atoms with E-state index in [0.717, 1.165) is 5.56 Å². The molecule has 0 aliphatic carbocycles. The highest BCUT2D eigenvalue weighted by atomic mass is 35.5. The smallest absolute Gasteiger partial charge is 0.231 e. The second-order valence-electron chi connectivity index (χ2n) is 4.42. The first-order valence-electron chi connectivity index (χ1n) is 6.40. The van der Waals surface area contributed by atoms with Crippen LogP contribution in [0.1, 0.15) is 12.5 Å². The van der Waals surface area contributed by atoms with Gasteiger partial charge in [-0.05, 0) is 48.9 Å². The quantitative estimate of drug-likeness (QED) is 0.831. The first-order chi connectivity index (χ1) is 9.60. The minimum atomic E-state index is -0.310. The zero-order chi connectivity index (χ0) is 14.5. The molecule has 0 fully saturated rings. The lowest BCUT2D eigenvalue weighted by atomic mass is 10.1. The molecule has 0 saturated carbocycles. The van der Waals surface area contributed by atoms with Gasteiger partial charge in [-0.3, -0.25) is 4.79 Å². The molecule has 2 nitrogen and oxygen atoms in total. The van der Waals surface area contributed by atoms with Gasteiger partial charge in [0, 0.05) is 17.3 Å². The van der Waals surface area contributed by atoms with Crippen LogP contribution in [0.5, 0.6) is 0 Å². The number of likely N-dealkylation sites (N-methyl/N-ethyl adjacent to an activating group) is 1. The van der Waals surface area contributed by atoms with Crippen LogP contribution in [0.25, 0.3) is 0 Å². The number of nitrogens with zero attached hydrogens (tertiary/aromatic N) is 1. The maximum Gasteiger partial charge on any atom is 0.231 e. The Morgan fingerprint density at radius 2 is 1.70 bits per heavy atom. The molecule has 0 aromatic heterocycles. The van der Waals surface area contributed by atoms with Gasteiger partial charge in [0.15, 0.2) is 0 Å². The summed E-state index contributed by atoms with van der Waals surface area (Å²) in [6.07, 6.45) is 0.294. The zero-order valence-electron chi connectivity index (χ0n) is 11.1. The monoisotopic (exact) mass is 291 g/mol. The highest BCUT2D eigenvalue weighted by Gasteiger charge is 2.14. The van der Waals surface area contributed by atoms with Crippen molar-refractivity contribution < 1.29 is 9.18 Å². The Morgan fingerprint density at radius 1 is 1.10 bits per heavy atom. The molecule has 0 spiro atoms. The molecule has 20 heavy (non-hydrogen) atoms. The molecule has 0 N–H and O–H groups in total. The van der Waals surface area contributed by atoms with Crippen LogP contribution in [0.4, 0.5) is 10.1 Å². The fourth-order valence-electron chi connectivity index (χ4n) is 2.00. The third kappa shape index (κ3) is 3.58. The van der Waals surface area contributed by atoms with Crippen molar-refractivity contribution in [2.45, 2.75) is 13.3 Å². The van der Waals surface area contributed by atoms with Crippen molar-refractivity contribution in [1.29, 1.82) is 0 Å². The van der Waals surface area contributed by atoms with Gasteiger partial charge in [0.2, 0.25) is 5.91 Å². The second-order valence-corrected chi connectivity index (χ2v) is 4.85. The summed E-state index contributed by atoms with van der Waals surface area (Å²) in [5.41, 5.74) is 1.60. The highest BCUT2D eigenvalue weighted by molar-refractivity contribution is 6.30. The fourth-order valence-corrected chi connectivity index (χ4v) is 2.12. The molecule has 0 saturated heterocycles. The average molecular weight is 292 g/mol. The molecule has 0 radical (unpaired) electrons. The summed E-state index contributed by atoms with van der Waals surface area (Å²) in [4.78, 5) is 13.9. The molecule has 1 amide bonds. The van der Waals surface area contributed by atoms with Crippen molar-refractivity contribution in [1.82, 2.24) is 0 Å². The Hall–Kier alpha value is -1.87. The number of rotatable bonds is 4. The summed E-state index contributed by atoms with van der Waals surface area (Å²) in [5.74, 6) is -0.337. The van der Waals surface area contributed by atoms with Crippen molar-refractivity contribution in [2.24, 2.45) is 0 Å². The molecule has 0 unspecified atom stereocenters. The summed E-state index contributed by atoms with van der Waals surface area (Å²) in [6, 6.07) is 13.1. The third-order valence-corrected chi connectivity index (χ3v) is 3.28. The van der Waals surface area contributed by atoms with E-state index in [2.05, 4.69) is 0 Å². The minimum Gasteiger partial charge on any atom is -0.312 e. The summed E-state index contributed by atoms with van der Waals surface area (Å²) < 4.78 is 12.9. The van der Waals surface area contributed by atoms with Crippen LogP contribution < -0.4 is 4.90 Å². The molecule has 0 heterocycles. The van der Waals surface area contributed by atoms with Gasteiger partial charge in [0.05, 0.1) is 6.42 Å². The SMILES string of the molecule is CCN(C(=O)Cc1ccc(Cl)cc1)c1ccc(F)cc1. The first kappa shape index (κ1) is 14.5. The van der Waals surface area contributed by atoms with Crippen LogP contribution >= 0.6 is 11.6 Å². The molecule has 0 bridgehead atoms. The van der Waals surface area contributed by atoms with E-state index >= 15 is 0 Å². The summed E-state index contributed by atoms with van der Waals surface area (Å²) in [5, 5.41) is 0.645. The number of carbonyl (C=O) groups is 1. The maximum atomic E-state index is 12.9. The van der Waals surface area contributed by atoms with E-state index < -0.39 is 0 Å². The van der Waals surface area contributed by atoms with Crippen molar-refractivity contribution >= 4 is 23.2 Å². The Labute approximate surface area is 122 Å². The van der Waals surface area contributed by atoms with Crippen molar-refractivity contribution in [3.63, 3.8) is 0 Å². The van der Waals surface area contributed by atoms with Gasteiger partial charge in [0.25, 0.3) is 0 Å². The van der Waals surface area contributed by atoms with Crippen LogP contribution in [0, 0.1) is 5.82 Å². The van der Waals surface area contributed by atoms with Crippen molar-refractivity contribution in [3.8, 4) is 0 Å². The van der Waals surface area contributed by atoms with Crippen LogP contribution in [0.3, 0.4) is 0 Å². The largest absolute Gasteiger partial charge is 0.312 e. The zero-order valence-corrected chi connectivity index (χ0v) is 11.9. The lowest BCUT2D eigenvalue weighted by molar-refractivity contribution is -0.117. The van der Waals surface area contributed by atoms with Crippen molar-refractivity contribution in [2.75, 3.05) is 11.4 Å². The normalized spacial score (nSPS) is 10.3. The number of benzene rings is 2. The van der Waals surface area contributed by atoms with E-state index in [4.69, 9.17) is 11.6 Å². The number of anilines is 1. The van der Waals surface area contributed by atoms with Crippen molar-refractivity contribution in [3.05, 3.63) is 64.9 Å².